The lowest BCUT2D eigenvalue weighted by Gasteiger charge is -2.15. The Kier molecular flexibility index (Phi) is 7.20. The first-order valence-electron chi connectivity index (χ1n) is 9.73. The summed E-state index contributed by atoms with van der Waals surface area (Å²) >= 11 is 0. The topological polar surface area (TPSA) is 42.8 Å². The van der Waals surface area contributed by atoms with E-state index in [1.165, 1.54) is 16.0 Å². The number of anilines is 1. The monoisotopic (exact) mass is 387 g/mol. The molecule has 0 fully saturated rings. The molecule has 0 saturated heterocycles. The molecule has 2 N–H and O–H groups in total. The highest BCUT2D eigenvalue weighted by molar-refractivity contribution is 6.04. The van der Waals surface area contributed by atoms with Gasteiger partial charge in [-0.25, -0.2) is 0 Å². The van der Waals surface area contributed by atoms with Gasteiger partial charge < -0.3 is 15.0 Å². The summed E-state index contributed by atoms with van der Waals surface area (Å²) in [6, 6.07) is 25.5. The van der Waals surface area contributed by atoms with E-state index in [1.54, 1.807) is 6.08 Å². The molecule has 0 saturated carbocycles. The first kappa shape index (κ1) is 20.4. The Bertz CT molecular complexity index is 919. The molecule has 0 aliphatic carbocycles. The van der Waals surface area contributed by atoms with Crippen LogP contribution in [0.15, 0.2) is 91.5 Å². The van der Waals surface area contributed by atoms with Gasteiger partial charge in [-0.3, -0.25) is 4.79 Å². The van der Waals surface area contributed by atoms with Crippen LogP contribution < -0.4 is 15.0 Å². The molecule has 1 amide bonds. The Balaban J connectivity index is 1.52. The number of ether oxygens (including phenoxy) is 1. The maximum atomic E-state index is 12.4. The standard InChI is InChI=1S/C25H26N2O2/c1-3-17-29-24-15-11-21(12-16-24)19-27(2)18-20-9-13-22(14-10-20)25(28)26-23-7-5-4-6-8-23/h3-16H,1,17-19H2,2H3,(H,26,28)/p+1. The smallest absolute Gasteiger partial charge is 0.255 e. The lowest BCUT2D eigenvalue weighted by Crippen LogP contribution is -3.06. The minimum absolute atomic E-state index is 0.0952. The van der Waals surface area contributed by atoms with Crippen LogP contribution in [0.25, 0.3) is 0 Å². The van der Waals surface area contributed by atoms with E-state index < -0.39 is 0 Å². The number of hydrogen-bond acceptors (Lipinski definition) is 2. The van der Waals surface area contributed by atoms with Gasteiger partial charge in [0, 0.05) is 22.4 Å². The van der Waals surface area contributed by atoms with Crippen molar-refractivity contribution in [1.29, 1.82) is 0 Å². The van der Waals surface area contributed by atoms with E-state index in [2.05, 4.69) is 31.1 Å². The summed E-state index contributed by atoms with van der Waals surface area (Å²) in [4.78, 5) is 13.7. The lowest BCUT2D eigenvalue weighted by atomic mass is 10.1. The molecule has 0 spiro atoms. The summed E-state index contributed by atoms with van der Waals surface area (Å²) in [6.07, 6.45) is 1.74. The van der Waals surface area contributed by atoms with Crippen molar-refractivity contribution in [3.8, 4) is 5.75 Å². The van der Waals surface area contributed by atoms with Gasteiger partial charge >= 0.3 is 0 Å². The molecule has 0 heterocycles. The number of para-hydroxylation sites is 1. The first-order chi connectivity index (χ1) is 14.1. The van der Waals surface area contributed by atoms with Crippen molar-refractivity contribution in [2.24, 2.45) is 0 Å². The molecular formula is C25H27N2O2+. The van der Waals surface area contributed by atoms with Gasteiger partial charge in [0.15, 0.2) is 0 Å². The van der Waals surface area contributed by atoms with E-state index in [1.807, 2.05) is 66.7 Å². The Morgan fingerprint density at radius 2 is 1.52 bits per heavy atom. The Morgan fingerprint density at radius 1 is 0.931 bits per heavy atom. The fourth-order valence-electron chi connectivity index (χ4n) is 3.12. The first-order valence-corrected chi connectivity index (χ1v) is 9.73. The van der Waals surface area contributed by atoms with E-state index >= 15 is 0 Å². The molecule has 4 nitrogen and oxygen atoms in total. The number of carbonyl (C=O) groups excluding carboxylic acids is 1. The van der Waals surface area contributed by atoms with Crippen LogP contribution >= 0.6 is 0 Å². The SMILES string of the molecule is C=CCOc1ccc(C[NH+](C)Cc2ccc(C(=O)Nc3ccccc3)cc2)cc1. The summed E-state index contributed by atoms with van der Waals surface area (Å²) in [7, 11) is 2.16. The van der Waals surface area contributed by atoms with Crippen LogP contribution in [0.5, 0.6) is 5.75 Å². The average Bonchev–Trinajstić information content (AvgIpc) is 2.74. The molecule has 148 valence electrons. The van der Waals surface area contributed by atoms with E-state index in [0.717, 1.165) is 24.5 Å². The molecule has 1 unspecified atom stereocenters. The van der Waals surface area contributed by atoms with Crippen molar-refractivity contribution in [2.75, 3.05) is 19.0 Å². The van der Waals surface area contributed by atoms with Crippen molar-refractivity contribution in [2.45, 2.75) is 13.1 Å². The summed E-state index contributed by atoms with van der Waals surface area (Å²) < 4.78 is 5.52. The van der Waals surface area contributed by atoms with Crippen LogP contribution in [0.3, 0.4) is 0 Å². The van der Waals surface area contributed by atoms with E-state index in [0.29, 0.717) is 12.2 Å². The van der Waals surface area contributed by atoms with Gasteiger partial charge in [0.1, 0.15) is 25.4 Å². The van der Waals surface area contributed by atoms with Crippen LogP contribution in [-0.2, 0) is 13.1 Å². The van der Waals surface area contributed by atoms with Crippen LogP contribution in [0.1, 0.15) is 21.5 Å². The molecule has 29 heavy (non-hydrogen) atoms. The third-order valence-corrected chi connectivity index (χ3v) is 4.55. The maximum Gasteiger partial charge on any atom is 0.255 e. The molecule has 1 atom stereocenters. The second-order valence-corrected chi connectivity index (χ2v) is 7.07. The summed E-state index contributed by atoms with van der Waals surface area (Å²) in [5.41, 5.74) is 3.91. The number of benzene rings is 3. The van der Waals surface area contributed by atoms with Gasteiger partial charge in [0.25, 0.3) is 5.91 Å². The predicted octanol–water partition coefficient (Wildman–Crippen LogP) is 3.72. The predicted molar refractivity (Wildman–Crippen MR) is 117 cm³/mol. The van der Waals surface area contributed by atoms with Crippen molar-refractivity contribution in [1.82, 2.24) is 0 Å². The van der Waals surface area contributed by atoms with Gasteiger partial charge in [0.05, 0.1) is 7.05 Å². The number of quaternary nitrogens is 1. The lowest BCUT2D eigenvalue weighted by molar-refractivity contribution is -0.907. The number of amides is 1. The van der Waals surface area contributed by atoms with Gasteiger partial charge in [-0.2, -0.15) is 0 Å². The minimum atomic E-state index is -0.0952. The third-order valence-electron chi connectivity index (χ3n) is 4.55. The zero-order chi connectivity index (χ0) is 20.5. The highest BCUT2D eigenvalue weighted by Gasteiger charge is 2.09. The highest BCUT2D eigenvalue weighted by Crippen LogP contribution is 2.12. The van der Waals surface area contributed by atoms with Crippen molar-refractivity contribution < 1.29 is 14.4 Å². The van der Waals surface area contributed by atoms with Gasteiger partial charge in [-0.1, -0.05) is 43.0 Å². The molecular weight excluding hydrogens is 360 g/mol. The van der Waals surface area contributed by atoms with Crippen molar-refractivity contribution >= 4 is 11.6 Å². The zero-order valence-electron chi connectivity index (χ0n) is 16.7. The molecule has 3 rings (SSSR count). The fraction of sp³-hybridized carbons (Fsp3) is 0.160. The molecule has 0 bridgehead atoms. The molecule has 3 aromatic rings. The second-order valence-electron chi connectivity index (χ2n) is 7.07. The normalized spacial score (nSPS) is 11.5. The molecule has 4 heteroatoms. The Morgan fingerprint density at radius 3 is 2.10 bits per heavy atom. The highest BCUT2D eigenvalue weighted by atomic mass is 16.5. The maximum absolute atomic E-state index is 12.4. The van der Waals surface area contributed by atoms with Crippen LogP contribution in [0, 0.1) is 0 Å². The minimum Gasteiger partial charge on any atom is -0.490 e. The average molecular weight is 388 g/mol. The second kappa shape index (κ2) is 10.2. The Labute approximate surface area is 172 Å². The number of rotatable bonds is 9. The number of hydrogen-bond donors (Lipinski definition) is 2. The van der Waals surface area contributed by atoms with Gasteiger partial charge in [-0.15, -0.1) is 0 Å². The fourth-order valence-corrected chi connectivity index (χ4v) is 3.12. The quantitative estimate of drug-likeness (QED) is 0.550. The summed E-state index contributed by atoms with van der Waals surface area (Å²) in [6.45, 7) is 5.97. The van der Waals surface area contributed by atoms with E-state index in [4.69, 9.17) is 4.74 Å². The van der Waals surface area contributed by atoms with Crippen LogP contribution in [-0.4, -0.2) is 19.6 Å². The van der Waals surface area contributed by atoms with E-state index in [9.17, 15) is 4.79 Å². The zero-order valence-corrected chi connectivity index (χ0v) is 16.7. The Hall–Kier alpha value is -3.37. The summed E-state index contributed by atoms with van der Waals surface area (Å²) in [5, 5.41) is 2.91. The van der Waals surface area contributed by atoms with Crippen LogP contribution in [0.2, 0.25) is 0 Å². The molecule has 0 radical (unpaired) electrons. The van der Waals surface area contributed by atoms with Crippen LogP contribution in [0.4, 0.5) is 5.69 Å². The molecule has 0 aliphatic rings. The third kappa shape index (κ3) is 6.33. The van der Waals surface area contributed by atoms with Crippen molar-refractivity contribution in [3.63, 3.8) is 0 Å². The number of nitrogens with one attached hydrogen (secondary N) is 2. The van der Waals surface area contributed by atoms with Gasteiger partial charge in [-0.05, 0) is 48.5 Å². The van der Waals surface area contributed by atoms with E-state index in [-0.39, 0.29) is 5.91 Å². The van der Waals surface area contributed by atoms with Gasteiger partial charge in [0.2, 0.25) is 0 Å². The summed E-state index contributed by atoms with van der Waals surface area (Å²) in [5.74, 6) is 0.762. The molecule has 0 aliphatic heterocycles. The number of carbonyl (C=O) groups is 1. The molecule has 0 aromatic heterocycles. The molecule has 3 aromatic carbocycles. The van der Waals surface area contributed by atoms with Crippen molar-refractivity contribution in [3.05, 3.63) is 108 Å². The largest absolute Gasteiger partial charge is 0.490 e.